The predicted molar refractivity (Wildman–Crippen MR) is 47.1 cm³/mol. The van der Waals surface area contributed by atoms with E-state index in [0.29, 0.717) is 0 Å². The Kier molecular flexibility index (Phi) is 3.54. The quantitative estimate of drug-likeness (QED) is 0.724. The minimum Gasteiger partial charge on any atom is -0.494 e. The summed E-state index contributed by atoms with van der Waals surface area (Å²) in [6, 6.07) is 2.34. The molecule has 0 N–H and O–H groups in total. The van der Waals surface area contributed by atoms with Gasteiger partial charge in [0.15, 0.2) is 11.4 Å². The second-order valence-electron chi connectivity index (χ2n) is 2.58. The fourth-order valence-corrected chi connectivity index (χ4v) is 0.991. The lowest BCUT2D eigenvalue weighted by Gasteiger charge is -2.07. The SMILES string of the molecule is COC(=O)c1nc(C(F)F)ccc1OC. The van der Waals surface area contributed by atoms with Crippen LogP contribution in [0, 0.1) is 0 Å². The van der Waals surface area contributed by atoms with E-state index in [0.717, 1.165) is 13.2 Å². The molecule has 0 aliphatic carbocycles. The largest absolute Gasteiger partial charge is 0.494 e. The van der Waals surface area contributed by atoms with Crippen LogP contribution < -0.4 is 4.74 Å². The van der Waals surface area contributed by atoms with Gasteiger partial charge in [-0.15, -0.1) is 0 Å². The molecule has 1 rings (SSSR count). The fraction of sp³-hybridized carbons (Fsp3) is 0.333. The van der Waals surface area contributed by atoms with Crippen molar-refractivity contribution in [3.8, 4) is 5.75 Å². The van der Waals surface area contributed by atoms with Crippen LogP contribution in [0.5, 0.6) is 5.75 Å². The summed E-state index contributed by atoms with van der Waals surface area (Å²) in [5.41, 5.74) is -0.742. The summed E-state index contributed by atoms with van der Waals surface area (Å²) in [4.78, 5) is 14.6. The summed E-state index contributed by atoms with van der Waals surface area (Å²) in [6.07, 6.45) is -2.74. The van der Waals surface area contributed by atoms with Crippen molar-refractivity contribution in [3.05, 3.63) is 23.5 Å². The van der Waals surface area contributed by atoms with Gasteiger partial charge in [0, 0.05) is 0 Å². The number of esters is 1. The molecule has 0 spiro atoms. The maximum absolute atomic E-state index is 12.3. The van der Waals surface area contributed by atoms with E-state index in [2.05, 4.69) is 9.72 Å². The summed E-state index contributed by atoms with van der Waals surface area (Å²) in [5.74, 6) is -0.708. The van der Waals surface area contributed by atoms with Crippen LogP contribution in [0.15, 0.2) is 12.1 Å². The Morgan fingerprint density at radius 2 is 2.07 bits per heavy atom. The van der Waals surface area contributed by atoms with Crippen molar-refractivity contribution in [3.63, 3.8) is 0 Å². The van der Waals surface area contributed by atoms with E-state index < -0.39 is 18.1 Å². The molecule has 0 aromatic carbocycles. The number of aromatic nitrogens is 1. The lowest BCUT2D eigenvalue weighted by Crippen LogP contribution is -2.08. The zero-order chi connectivity index (χ0) is 11.4. The molecule has 4 nitrogen and oxygen atoms in total. The first-order valence-electron chi connectivity index (χ1n) is 4.01. The highest BCUT2D eigenvalue weighted by molar-refractivity contribution is 5.90. The van der Waals surface area contributed by atoms with Gasteiger partial charge >= 0.3 is 5.97 Å². The van der Waals surface area contributed by atoms with Crippen LogP contribution >= 0.6 is 0 Å². The Balaban J connectivity index is 3.19. The summed E-state index contributed by atoms with van der Waals surface area (Å²) < 4.78 is 33.8. The number of ether oxygens (including phenoxy) is 2. The molecular formula is C9H9F2NO3. The number of carbonyl (C=O) groups excluding carboxylic acids is 1. The first kappa shape index (κ1) is 11.4. The van der Waals surface area contributed by atoms with Gasteiger partial charge < -0.3 is 9.47 Å². The lowest BCUT2D eigenvalue weighted by atomic mass is 10.3. The zero-order valence-corrected chi connectivity index (χ0v) is 8.16. The minimum atomic E-state index is -2.74. The molecule has 82 valence electrons. The molecule has 0 amide bonds. The van der Waals surface area contributed by atoms with Crippen molar-refractivity contribution in [1.82, 2.24) is 4.98 Å². The minimum absolute atomic E-state index is 0.103. The van der Waals surface area contributed by atoms with Crippen molar-refractivity contribution in [2.24, 2.45) is 0 Å². The normalized spacial score (nSPS) is 10.2. The number of alkyl halides is 2. The molecule has 0 aliphatic rings. The van der Waals surface area contributed by atoms with Crippen LogP contribution in [0.3, 0.4) is 0 Å². The highest BCUT2D eigenvalue weighted by Gasteiger charge is 2.18. The maximum atomic E-state index is 12.3. The van der Waals surface area contributed by atoms with Gasteiger partial charge in [0.05, 0.1) is 14.2 Å². The van der Waals surface area contributed by atoms with E-state index in [9.17, 15) is 13.6 Å². The van der Waals surface area contributed by atoms with Gasteiger partial charge in [-0.1, -0.05) is 0 Å². The maximum Gasteiger partial charge on any atom is 0.360 e. The number of pyridine rings is 1. The standard InChI is InChI=1S/C9H9F2NO3/c1-14-6-4-3-5(8(10)11)12-7(6)9(13)15-2/h3-4,8H,1-2H3. The van der Waals surface area contributed by atoms with Gasteiger partial charge in [-0.3, -0.25) is 0 Å². The first-order chi connectivity index (χ1) is 7.10. The van der Waals surface area contributed by atoms with Crippen LogP contribution in [0.2, 0.25) is 0 Å². The van der Waals surface area contributed by atoms with Gasteiger partial charge in [-0.2, -0.15) is 0 Å². The van der Waals surface area contributed by atoms with Crippen molar-refractivity contribution < 1.29 is 23.0 Å². The third-order valence-corrected chi connectivity index (χ3v) is 1.70. The van der Waals surface area contributed by atoms with Crippen molar-refractivity contribution in [2.45, 2.75) is 6.43 Å². The zero-order valence-electron chi connectivity index (χ0n) is 8.16. The molecule has 0 atom stereocenters. The molecule has 0 radical (unpaired) electrons. The molecule has 6 heteroatoms. The molecule has 15 heavy (non-hydrogen) atoms. The topological polar surface area (TPSA) is 48.4 Å². The number of carbonyl (C=O) groups is 1. The van der Waals surface area contributed by atoms with E-state index in [1.807, 2.05) is 0 Å². The first-order valence-corrected chi connectivity index (χ1v) is 4.01. The van der Waals surface area contributed by atoms with E-state index in [1.54, 1.807) is 0 Å². The highest BCUT2D eigenvalue weighted by Crippen LogP contribution is 2.22. The van der Waals surface area contributed by atoms with Gasteiger partial charge in [-0.25, -0.2) is 18.6 Å². The van der Waals surface area contributed by atoms with Gasteiger partial charge in [-0.05, 0) is 12.1 Å². The number of hydrogen-bond donors (Lipinski definition) is 0. The lowest BCUT2D eigenvalue weighted by molar-refractivity contribution is 0.0588. The fourth-order valence-electron chi connectivity index (χ4n) is 0.991. The molecule has 0 saturated carbocycles. The van der Waals surface area contributed by atoms with E-state index in [4.69, 9.17) is 4.74 Å². The Labute approximate surface area is 84.8 Å². The Bertz CT molecular complexity index is 368. The van der Waals surface area contributed by atoms with Crippen molar-refractivity contribution in [2.75, 3.05) is 14.2 Å². The van der Waals surface area contributed by atoms with Gasteiger partial charge in [0.1, 0.15) is 5.69 Å². The van der Waals surface area contributed by atoms with Crippen molar-refractivity contribution in [1.29, 1.82) is 0 Å². The third kappa shape index (κ3) is 2.39. The average Bonchev–Trinajstić information content (AvgIpc) is 2.27. The molecule has 1 aromatic heterocycles. The predicted octanol–water partition coefficient (Wildman–Crippen LogP) is 1.81. The summed E-state index contributed by atoms with van der Waals surface area (Å²) in [6.45, 7) is 0. The molecule has 0 unspecified atom stereocenters. The number of nitrogens with zero attached hydrogens (tertiary/aromatic N) is 1. The van der Waals surface area contributed by atoms with Crippen LogP contribution in [0.1, 0.15) is 22.6 Å². The second kappa shape index (κ2) is 4.68. The second-order valence-corrected chi connectivity index (χ2v) is 2.58. The van der Waals surface area contributed by atoms with E-state index >= 15 is 0 Å². The van der Waals surface area contributed by atoms with Crippen LogP contribution in [-0.2, 0) is 4.74 Å². The van der Waals surface area contributed by atoms with Gasteiger partial charge in [0.25, 0.3) is 6.43 Å². The number of methoxy groups -OCH3 is 2. The average molecular weight is 217 g/mol. The number of hydrogen-bond acceptors (Lipinski definition) is 4. The molecule has 0 fully saturated rings. The third-order valence-electron chi connectivity index (χ3n) is 1.70. The molecule has 0 aliphatic heterocycles. The molecule has 1 aromatic rings. The number of halogens is 2. The van der Waals surface area contributed by atoms with Gasteiger partial charge in [0.2, 0.25) is 0 Å². The van der Waals surface area contributed by atoms with E-state index in [-0.39, 0.29) is 11.4 Å². The Hall–Kier alpha value is -1.72. The molecule has 0 saturated heterocycles. The van der Waals surface area contributed by atoms with E-state index in [1.165, 1.54) is 13.2 Å². The summed E-state index contributed by atoms with van der Waals surface area (Å²) >= 11 is 0. The number of rotatable bonds is 3. The van der Waals surface area contributed by atoms with Crippen LogP contribution in [0.25, 0.3) is 0 Å². The van der Waals surface area contributed by atoms with Crippen LogP contribution in [0.4, 0.5) is 8.78 Å². The molecule has 1 heterocycles. The Morgan fingerprint density at radius 1 is 1.40 bits per heavy atom. The highest BCUT2D eigenvalue weighted by atomic mass is 19.3. The molecular weight excluding hydrogens is 208 g/mol. The Morgan fingerprint density at radius 3 is 2.53 bits per heavy atom. The summed E-state index contributed by atoms with van der Waals surface area (Å²) in [5, 5.41) is 0. The van der Waals surface area contributed by atoms with Crippen molar-refractivity contribution >= 4 is 5.97 Å². The van der Waals surface area contributed by atoms with Crippen LogP contribution in [-0.4, -0.2) is 25.2 Å². The monoisotopic (exact) mass is 217 g/mol. The molecule has 0 bridgehead atoms. The summed E-state index contributed by atoms with van der Waals surface area (Å²) in [7, 11) is 2.45. The smallest absolute Gasteiger partial charge is 0.360 e.